The van der Waals surface area contributed by atoms with Crippen molar-refractivity contribution in [3.05, 3.63) is 54.1 Å². The lowest BCUT2D eigenvalue weighted by atomic mass is 9.77. The van der Waals surface area contributed by atoms with Crippen molar-refractivity contribution in [3.8, 4) is 23.0 Å². The molecule has 0 unspecified atom stereocenters. The Balaban J connectivity index is 1.55. The average molecular weight is 366 g/mol. The van der Waals surface area contributed by atoms with Gasteiger partial charge in [-0.3, -0.25) is 4.98 Å². The maximum atomic E-state index is 6.28. The summed E-state index contributed by atoms with van der Waals surface area (Å²) < 4.78 is 17.1. The van der Waals surface area contributed by atoms with Crippen LogP contribution in [0.3, 0.4) is 0 Å². The normalized spacial score (nSPS) is 15.2. The fourth-order valence-corrected chi connectivity index (χ4v) is 3.00. The summed E-state index contributed by atoms with van der Waals surface area (Å²) in [5, 5.41) is 4.07. The highest BCUT2D eigenvalue weighted by Gasteiger charge is 2.39. The second-order valence-electron chi connectivity index (χ2n) is 6.68. The van der Waals surface area contributed by atoms with Crippen LogP contribution < -0.4 is 15.2 Å². The number of nitrogens with zero attached hydrogens (tertiary/aromatic N) is 3. The molecule has 3 aromatic rings. The number of nitrogens with two attached hydrogens (primary N) is 1. The van der Waals surface area contributed by atoms with Gasteiger partial charge in [-0.2, -0.15) is 4.98 Å². The zero-order valence-corrected chi connectivity index (χ0v) is 15.2. The van der Waals surface area contributed by atoms with Gasteiger partial charge >= 0.3 is 0 Å². The Hall–Kier alpha value is -2.93. The first-order valence-electron chi connectivity index (χ1n) is 9.10. The molecule has 0 saturated heterocycles. The van der Waals surface area contributed by atoms with Gasteiger partial charge < -0.3 is 19.7 Å². The van der Waals surface area contributed by atoms with Crippen LogP contribution >= 0.6 is 0 Å². The summed E-state index contributed by atoms with van der Waals surface area (Å²) in [5.74, 6) is 2.28. The molecule has 0 atom stereocenters. The van der Waals surface area contributed by atoms with Crippen molar-refractivity contribution in [1.29, 1.82) is 0 Å². The molecule has 1 aliphatic rings. The number of hydrogen-bond donors (Lipinski definition) is 1. The topological polar surface area (TPSA) is 96.3 Å². The molecule has 0 radical (unpaired) electrons. The fourth-order valence-electron chi connectivity index (χ4n) is 3.00. The van der Waals surface area contributed by atoms with E-state index in [9.17, 15) is 0 Å². The first kappa shape index (κ1) is 17.5. The minimum Gasteiger partial charge on any atom is -0.490 e. The van der Waals surface area contributed by atoms with Gasteiger partial charge in [0.05, 0.1) is 12.1 Å². The van der Waals surface area contributed by atoms with Crippen LogP contribution in [0.1, 0.15) is 37.6 Å². The van der Waals surface area contributed by atoms with Gasteiger partial charge in [0, 0.05) is 23.5 Å². The van der Waals surface area contributed by atoms with Crippen LogP contribution in [0.2, 0.25) is 0 Å². The molecule has 0 spiro atoms. The van der Waals surface area contributed by atoms with E-state index in [0.717, 1.165) is 30.4 Å². The van der Waals surface area contributed by atoms with Crippen molar-refractivity contribution in [1.82, 2.24) is 15.1 Å². The SMILES string of the molecule is CCOc1cc(-c2nc(C3(N)CCC3)no2)ccc1OCc1cccnc1. The van der Waals surface area contributed by atoms with E-state index >= 15 is 0 Å². The van der Waals surface area contributed by atoms with Gasteiger partial charge in [0.1, 0.15) is 6.61 Å². The summed E-state index contributed by atoms with van der Waals surface area (Å²) in [4.78, 5) is 8.59. The maximum Gasteiger partial charge on any atom is 0.258 e. The second kappa shape index (κ2) is 7.36. The Morgan fingerprint density at radius 2 is 2.07 bits per heavy atom. The lowest BCUT2D eigenvalue weighted by Gasteiger charge is -2.34. The van der Waals surface area contributed by atoms with E-state index in [4.69, 9.17) is 19.7 Å². The first-order valence-corrected chi connectivity index (χ1v) is 9.10. The highest BCUT2D eigenvalue weighted by molar-refractivity contribution is 5.60. The maximum absolute atomic E-state index is 6.28. The van der Waals surface area contributed by atoms with E-state index in [2.05, 4.69) is 15.1 Å². The molecular weight excluding hydrogens is 344 g/mol. The van der Waals surface area contributed by atoms with E-state index in [0.29, 0.717) is 36.4 Å². The largest absolute Gasteiger partial charge is 0.490 e. The molecule has 2 N–H and O–H groups in total. The smallest absolute Gasteiger partial charge is 0.258 e. The first-order chi connectivity index (χ1) is 13.2. The Labute approximate surface area is 157 Å². The van der Waals surface area contributed by atoms with Crippen molar-refractivity contribution in [3.63, 3.8) is 0 Å². The van der Waals surface area contributed by atoms with Crippen molar-refractivity contribution in [2.24, 2.45) is 5.73 Å². The van der Waals surface area contributed by atoms with Crippen LogP contribution in [-0.2, 0) is 12.1 Å². The van der Waals surface area contributed by atoms with Crippen molar-refractivity contribution >= 4 is 0 Å². The third-order valence-electron chi connectivity index (χ3n) is 4.72. The van der Waals surface area contributed by atoms with Crippen molar-refractivity contribution < 1.29 is 14.0 Å². The molecule has 0 aliphatic heterocycles. The predicted octanol–water partition coefficient (Wildman–Crippen LogP) is 3.45. The third-order valence-corrected chi connectivity index (χ3v) is 4.72. The lowest BCUT2D eigenvalue weighted by Crippen LogP contribution is -2.44. The van der Waals surface area contributed by atoms with Crippen LogP contribution in [-0.4, -0.2) is 21.7 Å². The van der Waals surface area contributed by atoms with E-state index in [1.807, 2.05) is 37.3 Å². The molecule has 140 valence electrons. The van der Waals surface area contributed by atoms with E-state index in [1.54, 1.807) is 12.4 Å². The van der Waals surface area contributed by atoms with Gasteiger partial charge in [-0.25, -0.2) is 0 Å². The summed E-state index contributed by atoms with van der Waals surface area (Å²) in [6.45, 7) is 2.86. The van der Waals surface area contributed by atoms with Crippen LogP contribution in [0.25, 0.3) is 11.5 Å². The number of benzene rings is 1. The van der Waals surface area contributed by atoms with E-state index in [-0.39, 0.29) is 0 Å². The fraction of sp³-hybridized carbons (Fsp3) is 0.350. The van der Waals surface area contributed by atoms with Gasteiger partial charge in [-0.15, -0.1) is 0 Å². The number of hydrogen-bond acceptors (Lipinski definition) is 7. The molecule has 1 aromatic carbocycles. The highest BCUT2D eigenvalue weighted by atomic mass is 16.5. The van der Waals surface area contributed by atoms with Crippen LogP contribution in [0.5, 0.6) is 11.5 Å². The summed E-state index contributed by atoms with van der Waals surface area (Å²) in [6.07, 6.45) is 6.38. The van der Waals surface area contributed by atoms with Crippen molar-refractivity contribution in [2.75, 3.05) is 6.61 Å². The van der Waals surface area contributed by atoms with E-state index in [1.165, 1.54) is 0 Å². The number of ether oxygens (including phenoxy) is 2. The molecule has 1 saturated carbocycles. The van der Waals surface area contributed by atoms with Gasteiger partial charge in [0.25, 0.3) is 5.89 Å². The average Bonchev–Trinajstić information content (AvgIpc) is 3.17. The third kappa shape index (κ3) is 3.64. The molecule has 0 amide bonds. The highest BCUT2D eigenvalue weighted by Crippen LogP contribution is 2.38. The summed E-state index contributed by atoms with van der Waals surface area (Å²) >= 11 is 0. The minimum absolute atomic E-state index is 0.410. The molecular formula is C20H22N4O3. The van der Waals surface area contributed by atoms with Gasteiger partial charge in [0.2, 0.25) is 0 Å². The monoisotopic (exact) mass is 366 g/mol. The Morgan fingerprint density at radius 3 is 2.78 bits per heavy atom. The number of aromatic nitrogens is 3. The summed E-state index contributed by atoms with van der Waals surface area (Å²) in [7, 11) is 0. The van der Waals surface area contributed by atoms with Crippen LogP contribution in [0.15, 0.2) is 47.2 Å². The quantitative estimate of drug-likeness (QED) is 0.684. The molecule has 4 rings (SSSR count). The zero-order valence-electron chi connectivity index (χ0n) is 15.2. The second-order valence-corrected chi connectivity index (χ2v) is 6.68. The molecule has 0 bridgehead atoms. The number of pyridine rings is 1. The van der Waals surface area contributed by atoms with E-state index < -0.39 is 5.54 Å². The van der Waals surface area contributed by atoms with Crippen LogP contribution in [0, 0.1) is 0 Å². The lowest BCUT2D eigenvalue weighted by molar-refractivity contribution is 0.229. The standard InChI is InChI=1S/C20H22N4O3/c1-2-25-17-11-15(18-23-19(24-27-18)20(21)8-4-9-20)6-7-16(17)26-13-14-5-3-10-22-12-14/h3,5-7,10-12H,2,4,8-9,13,21H2,1H3. The number of rotatable bonds is 7. The Kier molecular flexibility index (Phi) is 4.77. The summed E-state index contributed by atoms with van der Waals surface area (Å²) in [5.41, 5.74) is 7.59. The predicted molar refractivity (Wildman–Crippen MR) is 99.2 cm³/mol. The molecule has 7 nitrogen and oxygen atoms in total. The zero-order chi connectivity index (χ0) is 18.7. The molecule has 1 fully saturated rings. The van der Waals surface area contributed by atoms with Gasteiger partial charge in [-0.05, 0) is 50.5 Å². The van der Waals surface area contributed by atoms with Crippen molar-refractivity contribution in [2.45, 2.75) is 38.3 Å². The van der Waals surface area contributed by atoms with Gasteiger partial charge in [-0.1, -0.05) is 11.2 Å². The molecule has 1 aliphatic carbocycles. The molecule has 27 heavy (non-hydrogen) atoms. The Morgan fingerprint density at radius 1 is 1.19 bits per heavy atom. The summed E-state index contributed by atoms with van der Waals surface area (Å²) in [6, 6.07) is 9.42. The minimum atomic E-state index is -0.447. The van der Waals surface area contributed by atoms with Gasteiger partial charge in [0.15, 0.2) is 17.3 Å². The molecule has 2 aromatic heterocycles. The van der Waals surface area contributed by atoms with Crippen LogP contribution in [0.4, 0.5) is 0 Å². The molecule has 7 heteroatoms. The Bertz CT molecular complexity index is 907. The molecule has 2 heterocycles.